The van der Waals surface area contributed by atoms with Crippen LogP contribution in [0.25, 0.3) is 11.4 Å². The van der Waals surface area contributed by atoms with E-state index in [0.717, 1.165) is 17.1 Å². The van der Waals surface area contributed by atoms with Crippen molar-refractivity contribution in [3.05, 3.63) is 59.7 Å². The number of aromatic nitrogens is 2. The van der Waals surface area contributed by atoms with E-state index in [-0.39, 0.29) is 23.6 Å². The van der Waals surface area contributed by atoms with Crippen LogP contribution in [-0.2, 0) is 14.8 Å². The quantitative estimate of drug-likeness (QED) is 0.530. The molecule has 2 N–H and O–H groups in total. The van der Waals surface area contributed by atoms with E-state index in [1.165, 1.54) is 19.2 Å². The number of anilines is 1. The molecule has 0 aliphatic carbocycles. The monoisotopic (exact) mass is 432 g/mol. The molecule has 29 heavy (non-hydrogen) atoms. The van der Waals surface area contributed by atoms with Gasteiger partial charge in [-0.05, 0) is 24.6 Å². The molecule has 0 fully saturated rings. The number of carbonyl (C=O) groups is 1. The van der Waals surface area contributed by atoms with Gasteiger partial charge in [-0.15, -0.1) is 0 Å². The van der Waals surface area contributed by atoms with Crippen LogP contribution in [0.1, 0.15) is 15.9 Å². The minimum absolute atomic E-state index is 0.00610. The molecule has 0 saturated carbocycles. The second kappa shape index (κ2) is 9.23. The molecule has 152 valence electrons. The number of hydrogen-bond donors (Lipinski definition) is 2. The van der Waals surface area contributed by atoms with E-state index in [1.807, 2.05) is 30.3 Å². The summed E-state index contributed by atoms with van der Waals surface area (Å²) in [6.07, 6.45) is 0. The van der Waals surface area contributed by atoms with Crippen LogP contribution < -0.4 is 10.0 Å². The molecular formula is C19H20N4O4S2. The van der Waals surface area contributed by atoms with Crippen molar-refractivity contribution in [1.29, 1.82) is 0 Å². The average molecular weight is 433 g/mol. The SMILES string of the molecule is COCCNS(=O)(=O)c1ccc(C)c(C(=O)Nc2nc(-c3ccccc3)ns2)c1. The van der Waals surface area contributed by atoms with Crippen molar-refractivity contribution in [3.63, 3.8) is 0 Å². The summed E-state index contributed by atoms with van der Waals surface area (Å²) in [7, 11) is -2.26. The second-order valence-corrected chi connectivity index (χ2v) is 8.63. The summed E-state index contributed by atoms with van der Waals surface area (Å²) in [5, 5.41) is 3.02. The Morgan fingerprint density at radius 3 is 2.66 bits per heavy atom. The Hall–Kier alpha value is -2.66. The van der Waals surface area contributed by atoms with Crippen LogP contribution in [0.2, 0.25) is 0 Å². The zero-order chi connectivity index (χ0) is 20.9. The van der Waals surface area contributed by atoms with Crippen molar-refractivity contribution in [2.45, 2.75) is 11.8 Å². The van der Waals surface area contributed by atoms with Gasteiger partial charge in [0.1, 0.15) is 0 Å². The molecule has 2 aromatic carbocycles. The molecule has 1 heterocycles. The number of nitrogens with zero attached hydrogens (tertiary/aromatic N) is 2. The Kier molecular flexibility index (Phi) is 6.70. The molecule has 8 nitrogen and oxygen atoms in total. The van der Waals surface area contributed by atoms with E-state index in [0.29, 0.717) is 16.5 Å². The number of methoxy groups -OCH3 is 1. The minimum Gasteiger partial charge on any atom is -0.383 e. The van der Waals surface area contributed by atoms with Gasteiger partial charge in [-0.3, -0.25) is 10.1 Å². The fourth-order valence-electron chi connectivity index (χ4n) is 2.52. The summed E-state index contributed by atoms with van der Waals surface area (Å²) >= 11 is 1.06. The first-order valence-electron chi connectivity index (χ1n) is 8.70. The van der Waals surface area contributed by atoms with Gasteiger partial charge in [0.15, 0.2) is 5.82 Å². The number of carbonyl (C=O) groups excluding carboxylic acids is 1. The van der Waals surface area contributed by atoms with Crippen LogP contribution in [0, 0.1) is 6.92 Å². The zero-order valence-corrected chi connectivity index (χ0v) is 17.5. The smallest absolute Gasteiger partial charge is 0.257 e. The van der Waals surface area contributed by atoms with E-state index in [1.54, 1.807) is 13.0 Å². The lowest BCUT2D eigenvalue weighted by Gasteiger charge is -2.10. The van der Waals surface area contributed by atoms with Crippen molar-refractivity contribution < 1.29 is 17.9 Å². The molecule has 0 aliphatic rings. The first kappa shape index (κ1) is 21.1. The second-order valence-electron chi connectivity index (χ2n) is 6.11. The van der Waals surface area contributed by atoms with Gasteiger partial charge >= 0.3 is 0 Å². The number of amides is 1. The van der Waals surface area contributed by atoms with Gasteiger partial charge in [-0.25, -0.2) is 13.1 Å². The molecule has 0 atom stereocenters. The van der Waals surface area contributed by atoms with E-state index in [9.17, 15) is 13.2 Å². The Morgan fingerprint density at radius 1 is 1.17 bits per heavy atom. The number of benzene rings is 2. The van der Waals surface area contributed by atoms with Gasteiger partial charge in [-0.2, -0.15) is 9.36 Å². The van der Waals surface area contributed by atoms with E-state index in [4.69, 9.17) is 4.74 Å². The average Bonchev–Trinajstić information content (AvgIpc) is 3.17. The van der Waals surface area contributed by atoms with Crippen molar-refractivity contribution in [2.75, 3.05) is 25.6 Å². The standard InChI is InChI=1S/C19H20N4O4S2/c1-13-8-9-15(29(25,26)20-10-11-27-2)12-16(13)18(24)22-19-21-17(23-28-19)14-6-4-3-5-7-14/h3-9,12,20H,10-11H2,1-2H3,(H,21,22,23,24). The van der Waals surface area contributed by atoms with Crippen molar-refractivity contribution in [2.24, 2.45) is 0 Å². The summed E-state index contributed by atoms with van der Waals surface area (Å²) in [6.45, 7) is 2.12. The zero-order valence-electron chi connectivity index (χ0n) is 15.9. The maximum Gasteiger partial charge on any atom is 0.257 e. The molecule has 1 amide bonds. The Labute approximate surface area is 173 Å². The van der Waals surface area contributed by atoms with Gasteiger partial charge in [-0.1, -0.05) is 36.4 Å². The highest BCUT2D eigenvalue weighted by Crippen LogP contribution is 2.22. The largest absolute Gasteiger partial charge is 0.383 e. The first-order valence-corrected chi connectivity index (χ1v) is 11.0. The summed E-state index contributed by atoms with van der Waals surface area (Å²) in [5.74, 6) is 0.0634. The molecule has 0 spiro atoms. The highest BCUT2D eigenvalue weighted by atomic mass is 32.2. The Morgan fingerprint density at radius 2 is 1.93 bits per heavy atom. The molecular weight excluding hydrogens is 412 g/mol. The van der Waals surface area contributed by atoms with Crippen LogP contribution in [0.15, 0.2) is 53.4 Å². The highest BCUT2D eigenvalue weighted by molar-refractivity contribution is 7.89. The lowest BCUT2D eigenvalue weighted by atomic mass is 10.1. The van der Waals surface area contributed by atoms with Crippen molar-refractivity contribution >= 4 is 32.6 Å². The molecule has 0 unspecified atom stereocenters. The maximum absolute atomic E-state index is 12.7. The maximum atomic E-state index is 12.7. The van der Waals surface area contributed by atoms with Crippen LogP contribution in [0.3, 0.4) is 0 Å². The molecule has 3 rings (SSSR count). The van der Waals surface area contributed by atoms with Crippen LogP contribution in [0.4, 0.5) is 5.13 Å². The number of aryl methyl sites for hydroxylation is 1. The van der Waals surface area contributed by atoms with Crippen LogP contribution >= 0.6 is 11.5 Å². The van der Waals surface area contributed by atoms with E-state index < -0.39 is 15.9 Å². The molecule has 1 aromatic heterocycles. The van der Waals surface area contributed by atoms with Crippen molar-refractivity contribution in [1.82, 2.24) is 14.1 Å². The number of hydrogen-bond acceptors (Lipinski definition) is 7. The molecule has 0 saturated heterocycles. The predicted molar refractivity (Wildman–Crippen MR) is 112 cm³/mol. The summed E-state index contributed by atoms with van der Waals surface area (Å²) < 4.78 is 36.3. The minimum atomic E-state index is -3.75. The third-order valence-electron chi connectivity index (χ3n) is 4.04. The topological polar surface area (TPSA) is 110 Å². The molecule has 0 radical (unpaired) electrons. The summed E-state index contributed by atoms with van der Waals surface area (Å²) in [6, 6.07) is 13.8. The molecule has 0 aliphatic heterocycles. The fraction of sp³-hybridized carbons (Fsp3) is 0.211. The van der Waals surface area contributed by atoms with Gasteiger partial charge in [0.05, 0.1) is 11.5 Å². The van der Waals surface area contributed by atoms with Crippen molar-refractivity contribution in [3.8, 4) is 11.4 Å². The third-order valence-corrected chi connectivity index (χ3v) is 6.13. The van der Waals surface area contributed by atoms with Gasteiger partial charge < -0.3 is 4.74 Å². The molecule has 3 aromatic rings. The fourth-order valence-corrected chi connectivity index (χ4v) is 4.14. The van der Waals surface area contributed by atoms with Gasteiger partial charge in [0.2, 0.25) is 15.2 Å². The normalized spacial score (nSPS) is 11.4. The molecule has 0 bridgehead atoms. The predicted octanol–water partition coefficient (Wildman–Crippen LogP) is 2.69. The first-order chi connectivity index (χ1) is 13.9. The van der Waals surface area contributed by atoms with Crippen LogP contribution in [0.5, 0.6) is 0 Å². The number of nitrogens with one attached hydrogen (secondary N) is 2. The number of rotatable bonds is 8. The van der Waals surface area contributed by atoms with E-state index in [2.05, 4.69) is 19.4 Å². The number of ether oxygens (including phenoxy) is 1. The van der Waals surface area contributed by atoms with Crippen LogP contribution in [-0.4, -0.2) is 43.9 Å². The van der Waals surface area contributed by atoms with Gasteiger partial charge in [0, 0.05) is 36.3 Å². The summed E-state index contributed by atoms with van der Waals surface area (Å²) in [4.78, 5) is 17.0. The molecule has 10 heteroatoms. The number of sulfonamides is 1. The van der Waals surface area contributed by atoms with E-state index >= 15 is 0 Å². The lowest BCUT2D eigenvalue weighted by Crippen LogP contribution is -2.27. The lowest BCUT2D eigenvalue weighted by molar-refractivity contribution is 0.102. The highest BCUT2D eigenvalue weighted by Gasteiger charge is 2.19. The Bertz CT molecular complexity index is 1100. The third kappa shape index (κ3) is 5.24. The van der Waals surface area contributed by atoms with Gasteiger partial charge in [0.25, 0.3) is 5.91 Å². The summed E-state index contributed by atoms with van der Waals surface area (Å²) in [5.41, 5.74) is 1.73. The Balaban J connectivity index is 1.78.